The van der Waals surface area contributed by atoms with Crippen molar-refractivity contribution in [1.29, 1.82) is 0 Å². The molecule has 3 nitrogen and oxygen atoms in total. The van der Waals surface area contributed by atoms with Gasteiger partial charge in [0, 0.05) is 0 Å². The molecule has 1 aromatic heterocycles. The highest BCUT2D eigenvalue weighted by atomic mass is 79.9. The third-order valence-electron chi connectivity index (χ3n) is 1.42. The van der Waals surface area contributed by atoms with Crippen molar-refractivity contribution in [2.45, 2.75) is 6.43 Å². The second-order valence-corrected chi connectivity index (χ2v) is 3.06. The summed E-state index contributed by atoms with van der Waals surface area (Å²) in [5.41, 5.74) is -1.52. The number of halogens is 4. The Kier molecular flexibility index (Phi) is 3.10. The number of aromatic carboxylic acids is 1. The van der Waals surface area contributed by atoms with Gasteiger partial charge in [0.05, 0.1) is 5.56 Å². The van der Waals surface area contributed by atoms with E-state index in [1.54, 1.807) is 0 Å². The van der Waals surface area contributed by atoms with Crippen LogP contribution in [0.5, 0.6) is 0 Å². The number of carbonyl (C=O) groups is 1. The SMILES string of the molecule is O=C(O)c1cc(C(F)F)c(Br)nc1F. The molecule has 0 bridgehead atoms. The Morgan fingerprint density at radius 2 is 2.14 bits per heavy atom. The molecule has 1 aromatic rings. The van der Waals surface area contributed by atoms with Crippen LogP contribution in [-0.2, 0) is 0 Å². The number of alkyl halides is 2. The van der Waals surface area contributed by atoms with Crippen LogP contribution in [0.2, 0.25) is 0 Å². The highest BCUT2D eigenvalue weighted by Crippen LogP contribution is 2.27. The summed E-state index contributed by atoms with van der Waals surface area (Å²) in [6.07, 6.45) is -2.91. The van der Waals surface area contributed by atoms with Crippen LogP contribution in [0, 0.1) is 5.95 Å². The minimum absolute atomic E-state index is 0.394. The summed E-state index contributed by atoms with van der Waals surface area (Å²) in [7, 11) is 0. The van der Waals surface area contributed by atoms with Crippen molar-refractivity contribution in [3.63, 3.8) is 0 Å². The van der Waals surface area contributed by atoms with Gasteiger partial charge in [-0.1, -0.05) is 0 Å². The summed E-state index contributed by atoms with van der Waals surface area (Å²) >= 11 is 2.61. The number of pyridine rings is 1. The molecule has 0 aliphatic carbocycles. The summed E-state index contributed by atoms with van der Waals surface area (Å²) in [6.45, 7) is 0. The second kappa shape index (κ2) is 3.95. The molecule has 0 atom stereocenters. The van der Waals surface area contributed by atoms with Crippen molar-refractivity contribution in [1.82, 2.24) is 4.98 Å². The molecule has 0 saturated heterocycles. The van der Waals surface area contributed by atoms with Gasteiger partial charge in [-0.25, -0.2) is 18.6 Å². The summed E-state index contributed by atoms with van der Waals surface area (Å²) in [5.74, 6) is -2.93. The third kappa shape index (κ3) is 2.03. The second-order valence-electron chi connectivity index (χ2n) is 2.31. The van der Waals surface area contributed by atoms with Crippen molar-refractivity contribution < 1.29 is 23.1 Å². The van der Waals surface area contributed by atoms with E-state index in [0.717, 1.165) is 0 Å². The zero-order valence-electron chi connectivity index (χ0n) is 6.47. The van der Waals surface area contributed by atoms with Crippen molar-refractivity contribution >= 4 is 21.9 Å². The number of hydrogen-bond donors (Lipinski definition) is 1. The molecule has 1 heterocycles. The zero-order chi connectivity index (χ0) is 10.9. The Balaban J connectivity index is 3.34. The van der Waals surface area contributed by atoms with Crippen LogP contribution in [0.15, 0.2) is 10.7 Å². The molecule has 0 radical (unpaired) electrons. The molecule has 14 heavy (non-hydrogen) atoms. The molecular formula is C7H3BrF3NO2. The van der Waals surface area contributed by atoms with E-state index in [1.807, 2.05) is 0 Å². The average molecular weight is 270 g/mol. The van der Waals surface area contributed by atoms with Crippen LogP contribution < -0.4 is 0 Å². The van der Waals surface area contributed by atoms with E-state index in [9.17, 15) is 18.0 Å². The number of hydrogen-bond acceptors (Lipinski definition) is 2. The minimum atomic E-state index is -2.91. The summed E-state index contributed by atoms with van der Waals surface area (Å²) in [4.78, 5) is 13.4. The molecule has 0 aliphatic rings. The fraction of sp³-hybridized carbons (Fsp3) is 0.143. The first-order valence-corrected chi connectivity index (χ1v) is 4.10. The van der Waals surface area contributed by atoms with Crippen LogP contribution in [0.25, 0.3) is 0 Å². The average Bonchev–Trinajstić information content (AvgIpc) is 2.02. The first-order valence-electron chi connectivity index (χ1n) is 3.31. The Hall–Kier alpha value is -1.11. The van der Waals surface area contributed by atoms with E-state index in [0.29, 0.717) is 6.07 Å². The third-order valence-corrected chi connectivity index (χ3v) is 2.06. The quantitative estimate of drug-likeness (QED) is 0.840. The lowest BCUT2D eigenvalue weighted by Gasteiger charge is -2.04. The van der Waals surface area contributed by atoms with Gasteiger partial charge in [-0.15, -0.1) is 0 Å². The lowest BCUT2D eigenvalue weighted by atomic mass is 10.2. The summed E-state index contributed by atoms with van der Waals surface area (Å²) in [6, 6.07) is 0.555. The molecule has 0 aliphatic heterocycles. The van der Waals surface area contributed by atoms with E-state index in [2.05, 4.69) is 20.9 Å². The van der Waals surface area contributed by atoms with Gasteiger partial charge in [-0.3, -0.25) is 0 Å². The highest BCUT2D eigenvalue weighted by Gasteiger charge is 2.20. The molecule has 1 N–H and O–H groups in total. The predicted molar refractivity (Wildman–Crippen MR) is 43.8 cm³/mol. The van der Waals surface area contributed by atoms with Crippen molar-refractivity contribution in [3.05, 3.63) is 27.7 Å². The number of aromatic nitrogens is 1. The van der Waals surface area contributed by atoms with Crippen LogP contribution in [-0.4, -0.2) is 16.1 Å². The first kappa shape index (κ1) is 11.0. The zero-order valence-corrected chi connectivity index (χ0v) is 8.06. The van der Waals surface area contributed by atoms with E-state index < -0.39 is 34.1 Å². The molecule has 0 saturated carbocycles. The number of carboxylic acids is 1. The van der Waals surface area contributed by atoms with E-state index >= 15 is 0 Å². The van der Waals surface area contributed by atoms with E-state index in [1.165, 1.54) is 0 Å². The topological polar surface area (TPSA) is 50.2 Å². The van der Waals surface area contributed by atoms with Crippen molar-refractivity contribution in [2.75, 3.05) is 0 Å². The summed E-state index contributed by atoms with van der Waals surface area (Å²) < 4.78 is 36.8. The maximum absolute atomic E-state index is 12.8. The van der Waals surface area contributed by atoms with Gasteiger partial charge in [0.15, 0.2) is 0 Å². The molecule has 0 aromatic carbocycles. The van der Waals surface area contributed by atoms with E-state index in [-0.39, 0.29) is 0 Å². The van der Waals surface area contributed by atoms with Crippen molar-refractivity contribution in [3.8, 4) is 0 Å². The fourth-order valence-electron chi connectivity index (χ4n) is 0.789. The van der Waals surface area contributed by atoms with Gasteiger partial charge in [0.2, 0.25) is 5.95 Å². The van der Waals surface area contributed by atoms with Crippen LogP contribution in [0.3, 0.4) is 0 Å². The van der Waals surface area contributed by atoms with Crippen LogP contribution in [0.4, 0.5) is 13.2 Å². The number of nitrogens with zero attached hydrogens (tertiary/aromatic N) is 1. The molecule has 7 heteroatoms. The molecule has 0 amide bonds. The molecular weight excluding hydrogens is 267 g/mol. The monoisotopic (exact) mass is 269 g/mol. The molecule has 1 rings (SSSR count). The number of rotatable bonds is 2. The smallest absolute Gasteiger partial charge is 0.340 e. The molecule has 0 spiro atoms. The highest BCUT2D eigenvalue weighted by molar-refractivity contribution is 9.10. The van der Waals surface area contributed by atoms with Gasteiger partial charge in [-0.2, -0.15) is 4.39 Å². The largest absolute Gasteiger partial charge is 0.478 e. The van der Waals surface area contributed by atoms with E-state index in [4.69, 9.17) is 5.11 Å². The normalized spacial score (nSPS) is 10.6. The standard InChI is InChI=1S/C7H3BrF3NO2/c8-4-2(5(9)10)1-3(7(13)14)6(11)12-4/h1,5H,(H,13,14). The molecule has 0 fully saturated rings. The molecule has 0 unspecified atom stereocenters. The van der Waals surface area contributed by atoms with Gasteiger partial charge >= 0.3 is 5.97 Å². The molecule has 76 valence electrons. The Labute approximate surface area is 84.7 Å². The van der Waals surface area contributed by atoms with Crippen LogP contribution >= 0.6 is 15.9 Å². The lowest BCUT2D eigenvalue weighted by Crippen LogP contribution is -2.05. The maximum atomic E-state index is 12.8. The van der Waals surface area contributed by atoms with Crippen LogP contribution in [0.1, 0.15) is 22.3 Å². The Bertz CT molecular complexity index is 383. The lowest BCUT2D eigenvalue weighted by molar-refractivity contribution is 0.0690. The number of carboxylic acid groups (broad SMARTS) is 1. The summed E-state index contributed by atoms with van der Waals surface area (Å²) in [5, 5.41) is 8.42. The van der Waals surface area contributed by atoms with Crippen molar-refractivity contribution in [2.24, 2.45) is 0 Å². The Morgan fingerprint density at radius 1 is 1.57 bits per heavy atom. The van der Waals surface area contributed by atoms with Gasteiger partial charge in [-0.05, 0) is 22.0 Å². The minimum Gasteiger partial charge on any atom is -0.478 e. The Morgan fingerprint density at radius 3 is 2.57 bits per heavy atom. The first-order chi connectivity index (χ1) is 6.43. The van der Waals surface area contributed by atoms with Gasteiger partial charge < -0.3 is 5.11 Å². The predicted octanol–water partition coefficient (Wildman–Crippen LogP) is 2.62. The fourth-order valence-corrected chi connectivity index (χ4v) is 1.23. The van der Waals surface area contributed by atoms with Gasteiger partial charge in [0.25, 0.3) is 6.43 Å². The van der Waals surface area contributed by atoms with Gasteiger partial charge in [0.1, 0.15) is 10.2 Å². The maximum Gasteiger partial charge on any atom is 0.340 e.